The average molecular weight is 281 g/mol. The number of amides is 1. The van der Waals surface area contributed by atoms with Gasteiger partial charge in [-0.15, -0.1) is 0 Å². The summed E-state index contributed by atoms with van der Waals surface area (Å²) in [5.74, 6) is -2.09. The lowest BCUT2D eigenvalue weighted by Gasteiger charge is -2.07. The first-order valence-electron chi connectivity index (χ1n) is 5.84. The number of aryl methyl sites for hydroxylation is 2. The highest BCUT2D eigenvalue weighted by atomic mass is 19.1. The van der Waals surface area contributed by atoms with Crippen molar-refractivity contribution in [2.24, 2.45) is 0 Å². The number of nitrogens with two attached hydrogens (primary N) is 1. The lowest BCUT2D eigenvalue weighted by atomic mass is 10.1. The van der Waals surface area contributed by atoms with Crippen molar-refractivity contribution in [2.45, 2.75) is 20.4 Å². The number of nitrogens with zero attached hydrogens (tertiary/aromatic N) is 1. The minimum Gasteiger partial charge on any atom is -0.444 e. The topological polar surface area (TPSA) is 81.2 Å². The zero-order chi connectivity index (χ0) is 14.9. The fourth-order valence-electron chi connectivity index (χ4n) is 1.64. The number of halogens is 2. The Labute approximate surface area is 113 Å². The Morgan fingerprint density at radius 1 is 1.40 bits per heavy atom. The van der Waals surface area contributed by atoms with E-state index in [0.29, 0.717) is 11.5 Å². The van der Waals surface area contributed by atoms with Gasteiger partial charge in [-0.1, -0.05) is 0 Å². The lowest BCUT2D eigenvalue weighted by molar-refractivity contribution is 0.0938. The molecule has 7 heteroatoms. The van der Waals surface area contributed by atoms with E-state index in [9.17, 15) is 13.6 Å². The lowest BCUT2D eigenvalue weighted by Crippen LogP contribution is -2.25. The maximum absolute atomic E-state index is 13.6. The van der Waals surface area contributed by atoms with Crippen LogP contribution in [0.4, 0.5) is 14.5 Å². The first kappa shape index (κ1) is 14.0. The molecule has 1 heterocycles. The number of carbonyl (C=O) groups excluding carboxylic acids is 1. The molecule has 0 bridgehead atoms. The molecular weight excluding hydrogens is 268 g/mol. The quantitative estimate of drug-likeness (QED) is 0.844. The van der Waals surface area contributed by atoms with E-state index in [1.807, 2.05) is 0 Å². The normalized spacial score (nSPS) is 10.6. The van der Waals surface area contributed by atoms with E-state index in [1.54, 1.807) is 13.8 Å². The Bertz CT molecular complexity index is 648. The maximum atomic E-state index is 13.6. The summed E-state index contributed by atoms with van der Waals surface area (Å²) >= 11 is 0. The molecule has 0 atom stereocenters. The SMILES string of the molecule is Cc1nc(CNC(=O)c2c(F)ccc(N)c2F)oc1C. The van der Waals surface area contributed by atoms with Gasteiger partial charge in [0.25, 0.3) is 5.91 Å². The molecule has 3 N–H and O–H groups in total. The molecule has 5 nitrogen and oxygen atoms in total. The summed E-state index contributed by atoms with van der Waals surface area (Å²) in [5, 5.41) is 2.33. The monoisotopic (exact) mass is 281 g/mol. The zero-order valence-electron chi connectivity index (χ0n) is 11.0. The third-order valence-corrected chi connectivity index (χ3v) is 2.82. The van der Waals surface area contributed by atoms with E-state index in [0.717, 1.165) is 12.1 Å². The Balaban J connectivity index is 2.15. The molecule has 20 heavy (non-hydrogen) atoms. The van der Waals surface area contributed by atoms with Gasteiger partial charge in [0, 0.05) is 0 Å². The summed E-state index contributed by atoms with van der Waals surface area (Å²) in [4.78, 5) is 15.8. The number of carbonyl (C=O) groups is 1. The second-order valence-electron chi connectivity index (χ2n) is 4.26. The van der Waals surface area contributed by atoms with Gasteiger partial charge in [0.15, 0.2) is 5.82 Å². The van der Waals surface area contributed by atoms with Crippen LogP contribution in [0.15, 0.2) is 16.5 Å². The predicted octanol–water partition coefficient (Wildman–Crippen LogP) is 2.08. The van der Waals surface area contributed by atoms with Crippen LogP contribution in [0.1, 0.15) is 27.7 Å². The molecule has 1 aromatic heterocycles. The van der Waals surface area contributed by atoms with Crippen molar-refractivity contribution in [1.29, 1.82) is 0 Å². The first-order valence-corrected chi connectivity index (χ1v) is 5.84. The number of nitrogens with one attached hydrogen (secondary N) is 1. The van der Waals surface area contributed by atoms with Gasteiger partial charge in [0.2, 0.25) is 5.89 Å². The van der Waals surface area contributed by atoms with Crippen molar-refractivity contribution in [1.82, 2.24) is 10.3 Å². The third kappa shape index (κ3) is 2.61. The predicted molar refractivity (Wildman–Crippen MR) is 67.9 cm³/mol. The Morgan fingerprint density at radius 2 is 2.10 bits per heavy atom. The van der Waals surface area contributed by atoms with E-state index in [1.165, 1.54) is 0 Å². The zero-order valence-corrected chi connectivity index (χ0v) is 11.0. The van der Waals surface area contributed by atoms with Crippen LogP contribution < -0.4 is 11.1 Å². The van der Waals surface area contributed by atoms with Crippen molar-refractivity contribution < 1.29 is 18.0 Å². The summed E-state index contributed by atoms with van der Waals surface area (Å²) in [7, 11) is 0. The van der Waals surface area contributed by atoms with Gasteiger partial charge in [-0.05, 0) is 26.0 Å². The van der Waals surface area contributed by atoms with Crippen molar-refractivity contribution in [3.63, 3.8) is 0 Å². The maximum Gasteiger partial charge on any atom is 0.257 e. The van der Waals surface area contributed by atoms with Crippen LogP contribution in [-0.2, 0) is 6.54 Å². The minimum atomic E-state index is -1.08. The van der Waals surface area contributed by atoms with Crippen LogP contribution >= 0.6 is 0 Å². The number of nitrogen functional groups attached to an aromatic ring is 1. The van der Waals surface area contributed by atoms with Crippen LogP contribution in [0, 0.1) is 25.5 Å². The average Bonchev–Trinajstić information content (AvgIpc) is 2.71. The number of aromatic nitrogens is 1. The number of oxazole rings is 1. The van der Waals surface area contributed by atoms with E-state index >= 15 is 0 Å². The fourth-order valence-corrected chi connectivity index (χ4v) is 1.64. The largest absolute Gasteiger partial charge is 0.444 e. The Morgan fingerprint density at radius 3 is 2.70 bits per heavy atom. The smallest absolute Gasteiger partial charge is 0.257 e. The Kier molecular flexibility index (Phi) is 3.69. The van der Waals surface area contributed by atoms with Crippen molar-refractivity contribution >= 4 is 11.6 Å². The van der Waals surface area contributed by atoms with Gasteiger partial charge in [-0.2, -0.15) is 0 Å². The Hall–Kier alpha value is -2.44. The second-order valence-corrected chi connectivity index (χ2v) is 4.26. The molecule has 0 fully saturated rings. The molecule has 1 amide bonds. The molecule has 2 aromatic rings. The highest BCUT2D eigenvalue weighted by molar-refractivity contribution is 5.95. The van der Waals surface area contributed by atoms with E-state index < -0.39 is 23.1 Å². The molecule has 1 aromatic carbocycles. The molecule has 0 radical (unpaired) electrons. The molecule has 0 aliphatic heterocycles. The molecule has 0 aliphatic rings. The third-order valence-electron chi connectivity index (χ3n) is 2.82. The highest BCUT2D eigenvalue weighted by Gasteiger charge is 2.20. The summed E-state index contributed by atoms with van der Waals surface area (Å²) in [6.07, 6.45) is 0. The minimum absolute atomic E-state index is 0.0683. The van der Waals surface area contributed by atoms with Crippen molar-refractivity contribution in [3.8, 4) is 0 Å². The molecule has 0 aliphatic carbocycles. The van der Waals surface area contributed by atoms with Crippen molar-refractivity contribution in [2.75, 3.05) is 5.73 Å². The number of rotatable bonds is 3. The molecule has 0 spiro atoms. The van der Waals surface area contributed by atoms with Gasteiger partial charge in [-0.3, -0.25) is 4.79 Å². The number of hydrogen-bond donors (Lipinski definition) is 2. The van der Waals surface area contributed by atoms with E-state index in [4.69, 9.17) is 10.2 Å². The summed E-state index contributed by atoms with van der Waals surface area (Å²) in [6.45, 7) is 3.41. The summed E-state index contributed by atoms with van der Waals surface area (Å²) in [5.41, 5.74) is 4.99. The molecule has 106 valence electrons. The van der Waals surface area contributed by atoms with Crippen LogP contribution in [0.25, 0.3) is 0 Å². The summed E-state index contributed by atoms with van der Waals surface area (Å²) < 4.78 is 32.4. The second kappa shape index (κ2) is 5.28. The van der Waals surface area contributed by atoms with E-state index in [2.05, 4.69) is 10.3 Å². The standard InChI is InChI=1S/C13H13F2N3O2/c1-6-7(2)20-10(18-6)5-17-13(19)11-8(14)3-4-9(16)12(11)15/h3-4H,5,16H2,1-2H3,(H,17,19). The molecule has 2 rings (SSSR count). The molecule has 0 saturated heterocycles. The number of benzene rings is 1. The first-order chi connectivity index (χ1) is 9.40. The van der Waals surface area contributed by atoms with Crippen LogP contribution in [0.3, 0.4) is 0 Å². The molecular formula is C13H13F2N3O2. The molecule has 0 unspecified atom stereocenters. The van der Waals surface area contributed by atoms with Gasteiger partial charge < -0.3 is 15.5 Å². The molecule has 0 saturated carbocycles. The number of hydrogen-bond acceptors (Lipinski definition) is 4. The number of anilines is 1. The van der Waals surface area contributed by atoms with Gasteiger partial charge >= 0.3 is 0 Å². The highest BCUT2D eigenvalue weighted by Crippen LogP contribution is 2.18. The van der Waals surface area contributed by atoms with Gasteiger partial charge in [0.05, 0.1) is 17.9 Å². The van der Waals surface area contributed by atoms with E-state index in [-0.39, 0.29) is 18.1 Å². The van der Waals surface area contributed by atoms with Gasteiger partial charge in [0.1, 0.15) is 17.1 Å². The fraction of sp³-hybridized carbons (Fsp3) is 0.231. The van der Waals surface area contributed by atoms with Gasteiger partial charge in [-0.25, -0.2) is 13.8 Å². The van der Waals surface area contributed by atoms with Crippen LogP contribution in [0.5, 0.6) is 0 Å². The summed E-state index contributed by atoms with van der Waals surface area (Å²) in [6, 6.07) is 2.00. The van der Waals surface area contributed by atoms with Crippen molar-refractivity contribution in [3.05, 3.63) is 46.7 Å². The van der Waals surface area contributed by atoms with Crippen LogP contribution in [0.2, 0.25) is 0 Å². The van der Waals surface area contributed by atoms with Crippen LogP contribution in [-0.4, -0.2) is 10.9 Å².